The van der Waals surface area contributed by atoms with Gasteiger partial charge in [-0.1, -0.05) is 42.5 Å². The number of nitrogens with zero attached hydrogens (tertiary/aromatic N) is 2. The Morgan fingerprint density at radius 3 is 1.78 bits per heavy atom. The molecule has 0 saturated heterocycles. The second-order valence-electron chi connectivity index (χ2n) is 8.00. The molecule has 2 unspecified atom stereocenters. The lowest BCUT2D eigenvalue weighted by Gasteiger charge is -2.21. The van der Waals surface area contributed by atoms with Crippen LogP contribution in [-0.2, 0) is 6.42 Å². The molecule has 5 nitrogen and oxygen atoms in total. The van der Waals surface area contributed by atoms with Crippen LogP contribution in [0.25, 0.3) is 0 Å². The summed E-state index contributed by atoms with van der Waals surface area (Å²) < 4.78 is 60.7. The van der Waals surface area contributed by atoms with Gasteiger partial charge in [0.2, 0.25) is 0 Å². The highest BCUT2D eigenvalue weighted by Gasteiger charge is 2.30. The topological polar surface area (TPSA) is 79.9 Å². The zero-order chi connectivity index (χ0) is 25.8. The summed E-state index contributed by atoms with van der Waals surface area (Å²) in [5.41, 5.74) is -2.27. The molecule has 0 aliphatic carbocycles. The molecule has 0 amide bonds. The fourth-order valence-corrected chi connectivity index (χ4v) is 3.97. The maximum atomic E-state index is 15.9. The Hall–Kier alpha value is -4.40. The SMILES string of the molecule is N=C(Cc1c(C(F)c2ccccc2F)cc([N+](=O)[O-])cc1C(F)c1ccccc1F)c1ccccn1. The quantitative estimate of drug-likeness (QED) is 0.124. The zero-order valence-corrected chi connectivity index (χ0v) is 18.7. The van der Waals surface area contributed by atoms with Gasteiger partial charge in [-0.2, -0.15) is 0 Å². The van der Waals surface area contributed by atoms with Gasteiger partial charge in [0.05, 0.1) is 16.3 Å². The van der Waals surface area contributed by atoms with Crippen LogP contribution in [0.3, 0.4) is 0 Å². The normalized spacial score (nSPS) is 12.7. The molecule has 9 heteroatoms. The van der Waals surface area contributed by atoms with E-state index in [1.54, 1.807) is 12.1 Å². The molecule has 0 bridgehead atoms. The van der Waals surface area contributed by atoms with E-state index in [0.29, 0.717) is 0 Å². The monoisotopic (exact) mass is 493 g/mol. The molecule has 36 heavy (non-hydrogen) atoms. The molecule has 2 atom stereocenters. The summed E-state index contributed by atoms with van der Waals surface area (Å²) in [6.07, 6.45) is -3.38. The Morgan fingerprint density at radius 1 is 0.833 bits per heavy atom. The summed E-state index contributed by atoms with van der Waals surface area (Å²) in [4.78, 5) is 14.9. The molecule has 0 radical (unpaired) electrons. The van der Waals surface area contributed by atoms with Gasteiger partial charge in [-0.3, -0.25) is 15.1 Å². The van der Waals surface area contributed by atoms with E-state index in [2.05, 4.69) is 4.98 Å². The van der Waals surface area contributed by atoms with Crippen molar-refractivity contribution in [2.75, 3.05) is 0 Å². The van der Waals surface area contributed by atoms with Crippen molar-refractivity contribution >= 4 is 11.4 Å². The first-order chi connectivity index (χ1) is 17.3. The van der Waals surface area contributed by atoms with Crippen molar-refractivity contribution < 1.29 is 22.5 Å². The van der Waals surface area contributed by atoms with E-state index in [-0.39, 0.29) is 34.5 Å². The van der Waals surface area contributed by atoms with Crippen molar-refractivity contribution in [1.29, 1.82) is 5.41 Å². The molecule has 0 spiro atoms. The third-order valence-electron chi connectivity index (χ3n) is 5.74. The van der Waals surface area contributed by atoms with E-state index in [9.17, 15) is 18.9 Å². The number of hydrogen-bond donors (Lipinski definition) is 1. The van der Waals surface area contributed by atoms with Crippen LogP contribution in [0.1, 0.15) is 45.9 Å². The van der Waals surface area contributed by atoms with Crippen molar-refractivity contribution in [3.63, 3.8) is 0 Å². The minimum absolute atomic E-state index is 0.122. The number of alkyl halides is 2. The van der Waals surface area contributed by atoms with Gasteiger partial charge in [-0.15, -0.1) is 0 Å². The average Bonchev–Trinajstić information content (AvgIpc) is 2.89. The third kappa shape index (κ3) is 5.00. The van der Waals surface area contributed by atoms with Crippen LogP contribution in [0.5, 0.6) is 0 Å². The Morgan fingerprint density at radius 2 is 1.33 bits per heavy atom. The lowest BCUT2D eigenvalue weighted by Crippen LogP contribution is -2.14. The maximum Gasteiger partial charge on any atom is 0.270 e. The fraction of sp³-hybridized carbons (Fsp3) is 0.111. The Bertz CT molecular complexity index is 1360. The Kier molecular flexibility index (Phi) is 7.19. The van der Waals surface area contributed by atoms with Crippen LogP contribution in [-0.4, -0.2) is 15.6 Å². The fourth-order valence-electron chi connectivity index (χ4n) is 3.97. The number of hydrogen-bond acceptors (Lipinski definition) is 4. The van der Waals surface area contributed by atoms with E-state index >= 15 is 8.78 Å². The van der Waals surface area contributed by atoms with E-state index in [1.807, 2.05) is 0 Å². The molecule has 0 saturated carbocycles. The number of non-ortho nitro benzene ring substituents is 1. The van der Waals surface area contributed by atoms with Gasteiger partial charge < -0.3 is 5.41 Å². The molecule has 1 N–H and O–H groups in total. The largest absolute Gasteiger partial charge is 0.303 e. The first-order valence-corrected chi connectivity index (χ1v) is 10.8. The third-order valence-corrected chi connectivity index (χ3v) is 5.74. The summed E-state index contributed by atoms with van der Waals surface area (Å²) in [6, 6.07) is 16.5. The smallest absolute Gasteiger partial charge is 0.270 e. The average molecular weight is 493 g/mol. The van der Waals surface area contributed by atoms with E-state index < -0.39 is 45.7 Å². The van der Waals surface area contributed by atoms with Crippen LogP contribution >= 0.6 is 0 Å². The highest BCUT2D eigenvalue weighted by atomic mass is 19.1. The maximum absolute atomic E-state index is 15.9. The lowest BCUT2D eigenvalue weighted by molar-refractivity contribution is -0.385. The van der Waals surface area contributed by atoms with Gasteiger partial charge in [0, 0.05) is 47.0 Å². The number of nitro groups is 1. The second kappa shape index (κ2) is 10.5. The summed E-state index contributed by atoms with van der Waals surface area (Å²) in [5, 5.41) is 20.2. The number of pyridine rings is 1. The lowest BCUT2D eigenvalue weighted by atomic mass is 9.86. The summed E-state index contributed by atoms with van der Waals surface area (Å²) in [7, 11) is 0. The van der Waals surface area contributed by atoms with Crippen LogP contribution in [0.2, 0.25) is 0 Å². The van der Waals surface area contributed by atoms with Gasteiger partial charge in [0.1, 0.15) is 11.6 Å². The van der Waals surface area contributed by atoms with Crippen molar-refractivity contribution in [2.45, 2.75) is 18.8 Å². The number of benzene rings is 3. The standard InChI is InChI=1S/C27H19F4N3O2/c28-22-9-3-1-7-17(22)26(30)20-13-16(34(35)36)14-21(27(31)18-8-2-4-10-23(18)29)19(20)15-24(32)25-11-5-6-12-33-25/h1-14,26-27,32H,15H2. The number of nitro benzene ring substituents is 1. The van der Waals surface area contributed by atoms with Gasteiger partial charge in [0.15, 0.2) is 12.3 Å². The summed E-state index contributed by atoms with van der Waals surface area (Å²) in [6.45, 7) is 0. The molecule has 0 fully saturated rings. The highest BCUT2D eigenvalue weighted by Crippen LogP contribution is 2.40. The van der Waals surface area contributed by atoms with E-state index in [4.69, 9.17) is 5.41 Å². The predicted octanol–water partition coefficient (Wildman–Crippen LogP) is 7.00. The van der Waals surface area contributed by atoms with Gasteiger partial charge in [0.25, 0.3) is 5.69 Å². The zero-order valence-electron chi connectivity index (χ0n) is 18.7. The van der Waals surface area contributed by atoms with Gasteiger partial charge in [-0.05, 0) is 29.8 Å². The van der Waals surface area contributed by atoms with Crippen LogP contribution < -0.4 is 0 Å². The number of aromatic nitrogens is 1. The predicted molar refractivity (Wildman–Crippen MR) is 127 cm³/mol. The Balaban J connectivity index is 1.96. The van der Waals surface area contributed by atoms with Crippen LogP contribution in [0.15, 0.2) is 85.1 Å². The minimum Gasteiger partial charge on any atom is -0.303 e. The molecule has 1 heterocycles. The summed E-state index contributed by atoms with van der Waals surface area (Å²) in [5.74, 6) is -1.79. The molecule has 4 rings (SSSR count). The number of halogens is 4. The minimum atomic E-state index is -2.22. The number of rotatable bonds is 8. The van der Waals surface area contributed by atoms with Crippen molar-refractivity contribution in [1.82, 2.24) is 4.98 Å². The molecular formula is C27H19F4N3O2. The van der Waals surface area contributed by atoms with Crippen molar-refractivity contribution in [2.24, 2.45) is 0 Å². The molecule has 1 aromatic heterocycles. The summed E-state index contributed by atoms with van der Waals surface area (Å²) >= 11 is 0. The second-order valence-corrected chi connectivity index (χ2v) is 8.00. The van der Waals surface area contributed by atoms with Gasteiger partial charge >= 0.3 is 0 Å². The Labute approximate surface area is 203 Å². The number of nitrogens with one attached hydrogen (secondary N) is 1. The molecule has 4 aromatic rings. The first kappa shape index (κ1) is 24.7. The molecule has 0 aliphatic rings. The molecule has 0 aliphatic heterocycles. The van der Waals surface area contributed by atoms with E-state index in [0.717, 1.165) is 24.3 Å². The van der Waals surface area contributed by atoms with Crippen molar-refractivity contribution in [3.8, 4) is 0 Å². The van der Waals surface area contributed by atoms with Crippen molar-refractivity contribution in [3.05, 3.63) is 140 Å². The van der Waals surface area contributed by atoms with Gasteiger partial charge in [-0.25, -0.2) is 17.6 Å². The van der Waals surface area contributed by atoms with E-state index in [1.165, 1.54) is 48.7 Å². The first-order valence-electron chi connectivity index (χ1n) is 10.8. The molecule has 3 aromatic carbocycles. The molecular weight excluding hydrogens is 474 g/mol. The van der Waals surface area contributed by atoms with Crippen LogP contribution in [0, 0.1) is 27.2 Å². The molecule has 182 valence electrons. The van der Waals surface area contributed by atoms with Crippen LogP contribution in [0.4, 0.5) is 23.2 Å². The highest BCUT2D eigenvalue weighted by molar-refractivity contribution is 5.98.